The number of hydrogen-bond donors (Lipinski definition) is 2. The fourth-order valence-electron chi connectivity index (χ4n) is 9.97. The van der Waals surface area contributed by atoms with E-state index in [1.54, 1.807) is 37.3 Å². The zero-order chi connectivity index (χ0) is 51.2. The fourth-order valence-corrected chi connectivity index (χ4v) is 10.7. The Labute approximate surface area is 417 Å². The maximum atomic E-state index is 14.7. The highest BCUT2D eigenvalue weighted by Gasteiger charge is 2.43. The van der Waals surface area contributed by atoms with Crippen molar-refractivity contribution in [2.75, 3.05) is 74.1 Å². The van der Waals surface area contributed by atoms with Gasteiger partial charge in [0, 0.05) is 78.7 Å². The summed E-state index contributed by atoms with van der Waals surface area (Å²) in [6, 6.07) is 7.56. The molecular formula is C52H86N8O8S. The van der Waals surface area contributed by atoms with Crippen LogP contribution < -0.4 is 10.6 Å². The van der Waals surface area contributed by atoms with Crippen LogP contribution in [-0.4, -0.2) is 175 Å². The van der Waals surface area contributed by atoms with Gasteiger partial charge in [-0.25, -0.2) is 9.78 Å². The van der Waals surface area contributed by atoms with Gasteiger partial charge in [0.25, 0.3) is 0 Å². The van der Waals surface area contributed by atoms with E-state index in [9.17, 15) is 24.0 Å². The number of hydrogen-bond acceptors (Lipinski definition) is 12. The van der Waals surface area contributed by atoms with E-state index in [1.165, 1.54) is 11.3 Å². The van der Waals surface area contributed by atoms with Crippen LogP contribution in [0.3, 0.4) is 0 Å². The number of likely N-dealkylation sites (N-methyl/N-ethyl adjacent to an activating group) is 2. The van der Waals surface area contributed by atoms with Gasteiger partial charge in [0.1, 0.15) is 16.7 Å². The van der Waals surface area contributed by atoms with E-state index in [2.05, 4.69) is 39.3 Å². The lowest BCUT2D eigenvalue weighted by Gasteiger charge is -2.41. The summed E-state index contributed by atoms with van der Waals surface area (Å²) in [5.41, 5.74) is 0.538. The van der Waals surface area contributed by atoms with Crippen LogP contribution in [0.2, 0.25) is 0 Å². The zero-order valence-electron chi connectivity index (χ0n) is 44.2. The standard InChI is InChI=1S/C52H86N8O8S/c1-15-36(6)45(57(12)50(64)43(34(2)3)55-48(63)44(35(4)5)56(11)25-26-58-27-29-59(30-28-58)51(65)68-52(8,9)10)41(66-13)33-42(61)60-24-19-22-40(60)46(67-14)37(7)47(62)54-39(49-53-23-31-69-49)32-38-20-17-16-18-21-38/h16-18,20-21,23,31,34-37,39-41,43-46H,15,19,22,24-30,32-33H2,1-14H3,(H,54,62)(H,55,63). The minimum absolute atomic E-state index is 0.0226. The van der Waals surface area contributed by atoms with Crippen molar-refractivity contribution >= 4 is 41.1 Å². The molecule has 9 atom stereocenters. The number of benzene rings is 1. The van der Waals surface area contributed by atoms with E-state index in [0.29, 0.717) is 52.1 Å². The van der Waals surface area contributed by atoms with Crippen LogP contribution in [0.25, 0.3) is 0 Å². The molecule has 0 aliphatic carbocycles. The Morgan fingerprint density at radius 2 is 1.55 bits per heavy atom. The average molecular weight is 983 g/mol. The number of nitrogens with one attached hydrogen (secondary N) is 2. The largest absolute Gasteiger partial charge is 0.444 e. The normalized spacial score (nSPS) is 19.4. The first-order valence-electron chi connectivity index (χ1n) is 25.2. The van der Waals surface area contributed by atoms with Gasteiger partial charge in [-0.3, -0.25) is 29.0 Å². The van der Waals surface area contributed by atoms with Crippen molar-refractivity contribution in [3.63, 3.8) is 0 Å². The number of nitrogens with zero attached hydrogens (tertiary/aromatic N) is 6. The van der Waals surface area contributed by atoms with Crippen molar-refractivity contribution < 1.29 is 38.2 Å². The topological polar surface area (TPSA) is 166 Å². The second kappa shape index (κ2) is 26.9. The highest BCUT2D eigenvalue weighted by Crippen LogP contribution is 2.31. The van der Waals surface area contributed by atoms with Crippen molar-refractivity contribution in [3.8, 4) is 0 Å². The molecule has 2 N–H and O–H groups in total. The Morgan fingerprint density at radius 1 is 0.884 bits per heavy atom. The predicted octanol–water partition coefficient (Wildman–Crippen LogP) is 6.11. The molecule has 17 heteroatoms. The van der Waals surface area contributed by atoms with Crippen LogP contribution in [0.1, 0.15) is 112 Å². The lowest BCUT2D eigenvalue weighted by atomic mass is 9.89. The molecule has 69 heavy (non-hydrogen) atoms. The van der Waals surface area contributed by atoms with E-state index in [4.69, 9.17) is 14.2 Å². The fraction of sp³-hybridized carbons (Fsp3) is 0.731. The third-order valence-corrected chi connectivity index (χ3v) is 14.9. The second-order valence-electron chi connectivity index (χ2n) is 20.9. The Kier molecular flexibility index (Phi) is 22.4. The first kappa shape index (κ1) is 57.4. The maximum Gasteiger partial charge on any atom is 0.410 e. The highest BCUT2D eigenvalue weighted by molar-refractivity contribution is 7.09. The molecule has 2 fully saturated rings. The molecule has 2 saturated heterocycles. The van der Waals surface area contributed by atoms with E-state index >= 15 is 0 Å². The Hall–Kier alpha value is -4.16. The lowest BCUT2D eigenvalue weighted by Crippen LogP contribution is -2.60. The summed E-state index contributed by atoms with van der Waals surface area (Å²) < 4.78 is 17.8. The van der Waals surface area contributed by atoms with Crippen LogP contribution in [0.15, 0.2) is 41.9 Å². The summed E-state index contributed by atoms with van der Waals surface area (Å²) >= 11 is 1.50. The predicted molar refractivity (Wildman–Crippen MR) is 272 cm³/mol. The van der Waals surface area contributed by atoms with E-state index in [0.717, 1.165) is 30.0 Å². The number of thiazole rings is 1. The molecule has 0 radical (unpaired) electrons. The van der Waals surface area contributed by atoms with Gasteiger partial charge < -0.3 is 39.5 Å². The molecule has 2 aromatic rings. The van der Waals surface area contributed by atoms with Gasteiger partial charge in [0.2, 0.25) is 23.6 Å². The van der Waals surface area contributed by atoms with E-state index in [-0.39, 0.29) is 66.0 Å². The van der Waals surface area contributed by atoms with Crippen molar-refractivity contribution in [1.29, 1.82) is 0 Å². The first-order valence-corrected chi connectivity index (χ1v) is 26.1. The molecule has 388 valence electrons. The molecule has 5 amide bonds. The van der Waals surface area contributed by atoms with Gasteiger partial charge in [0.15, 0.2) is 0 Å². The van der Waals surface area contributed by atoms with Gasteiger partial charge >= 0.3 is 6.09 Å². The Bertz CT molecular complexity index is 1910. The monoisotopic (exact) mass is 983 g/mol. The van der Waals surface area contributed by atoms with Crippen molar-refractivity contribution in [2.45, 2.75) is 149 Å². The lowest BCUT2D eigenvalue weighted by molar-refractivity contribution is -0.148. The molecule has 0 bridgehead atoms. The number of rotatable bonds is 24. The molecular weight excluding hydrogens is 897 g/mol. The molecule has 3 heterocycles. The van der Waals surface area contributed by atoms with Crippen molar-refractivity contribution in [2.24, 2.45) is 23.7 Å². The number of likely N-dealkylation sites (tertiary alicyclic amines) is 1. The molecule has 0 spiro atoms. The number of piperazine rings is 1. The van der Waals surface area contributed by atoms with Crippen LogP contribution in [0, 0.1) is 23.7 Å². The third-order valence-electron chi connectivity index (χ3n) is 14.0. The van der Waals surface area contributed by atoms with Gasteiger partial charge in [-0.05, 0) is 70.4 Å². The Morgan fingerprint density at radius 3 is 2.10 bits per heavy atom. The number of carbonyl (C=O) groups is 5. The van der Waals surface area contributed by atoms with Crippen LogP contribution in [0.4, 0.5) is 4.79 Å². The highest BCUT2D eigenvalue weighted by atomic mass is 32.1. The smallest absolute Gasteiger partial charge is 0.410 e. The van der Waals surface area contributed by atoms with Crippen LogP contribution in [0.5, 0.6) is 0 Å². The van der Waals surface area contributed by atoms with Gasteiger partial charge in [-0.2, -0.15) is 0 Å². The summed E-state index contributed by atoms with van der Waals surface area (Å²) in [5, 5.41) is 9.13. The summed E-state index contributed by atoms with van der Waals surface area (Å²) in [4.78, 5) is 84.3. The molecule has 9 unspecified atom stereocenters. The van der Waals surface area contributed by atoms with E-state index < -0.39 is 41.9 Å². The first-order chi connectivity index (χ1) is 32.6. The summed E-state index contributed by atoms with van der Waals surface area (Å²) in [6.07, 6.45) is 3.02. The molecule has 1 aromatic carbocycles. The van der Waals surface area contributed by atoms with Gasteiger partial charge in [0.05, 0.1) is 48.7 Å². The summed E-state index contributed by atoms with van der Waals surface area (Å²) in [5.74, 6) is -1.65. The molecule has 0 saturated carbocycles. The minimum atomic E-state index is -0.821. The number of ether oxygens (including phenoxy) is 3. The number of amides is 5. The quantitative estimate of drug-likeness (QED) is 0.125. The third kappa shape index (κ3) is 16.2. The Balaban J connectivity index is 1.42. The summed E-state index contributed by atoms with van der Waals surface area (Å²) in [6.45, 7) is 23.9. The number of aromatic nitrogens is 1. The zero-order valence-corrected chi connectivity index (χ0v) is 45.1. The van der Waals surface area contributed by atoms with Crippen molar-refractivity contribution in [3.05, 3.63) is 52.5 Å². The minimum Gasteiger partial charge on any atom is -0.444 e. The second-order valence-corrected chi connectivity index (χ2v) is 21.8. The SMILES string of the molecule is CCC(C)C(C(CC(=O)N1CCCC1C(OC)C(C)C(=O)NC(Cc1ccccc1)c1nccs1)OC)N(C)C(=O)C(NC(=O)C(C(C)C)N(C)CCN1CCN(C(=O)OC(C)(C)C)CC1)C(C)C. The molecule has 4 rings (SSSR count). The maximum absolute atomic E-state index is 14.7. The van der Waals surface area contributed by atoms with Crippen LogP contribution in [-0.2, 0) is 39.8 Å². The number of carbonyl (C=O) groups excluding carboxylic acids is 5. The number of methoxy groups -OCH3 is 2. The van der Waals surface area contributed by atoms with Crippen molar-refractivity contribution in [1.82, 2.24) is 40.1 Å². The van der Waals surface area contributed by atoms with E-state index in [1.807, 2.05) is 103 Å². The molecule has 16 nitrogen and oxygen atoms in total. The molecule has 1 aromatic heterocycles. The van der Waals surface area contributed by atoms with Crippen LogP contribution >= 0.6 is 11.3 Å². The van der Waals surface area contributed by atoms with Gasteiger partial charge in [-0.15, -0.1) is 11.3 Å². The molecule has 2 aliphatic rings. The van der Waals surface area contributed by atoms with Gasteiger partial charge in [-0.1, -0.05) is 85.2 Å². The average Bonchev–Trinajstić information content (AvgIpc) is 4.03. The summed E-state index contributed by atoms with van der Waals surface area (Å²) in [7, 11) is 6.88. The molecule has 2 aliphatic heterocycles.